The molecule has 1 aromatic heterocycles. The standard InChI is InChI=1S/C13H17BrN2OS/c14-10-5-12(8-15-7-10)16-11-1-3-17-13(6-11)2-4-18-9-13/h5,7-8,11,16H,1-4,6,9H2/t11-,13-/m0/s1. The highest BCUT2D eigenvalue weighted by Gasteiger charge is 2.40. The number of aromatic nitrogens is 1. The van der Waals surface area contributed by atoms with Crippen molar-refractivity contribution in [3.8, 4) is 0 Å². The Balaban J connectivity index is 1.66. The highest BCUT2D eigenvalue weighted by Crippen LogP contribution is 2.38. The van der Waals surface area contributed by atoms with Gasteiger partial charge in [-0.05, 0) is 47.0 Å². The Kier molecular flexibility index (Phi) is 3.82. The van der Waals surface area contributed by atoms with E-state index in [9.17, 15) is 0 Å². The summed E-state index contributed by atoms with van der Waals surface area (Å²) in [4.78, 5) is 4.19. The van der Waals surface area contributed by atoms with Crippen LogP contribution in [0.4, 0.5) is 5.69 Å². The van der Waals surface area contributed by atoms with Crippen molar-refractivity contribution in [1.82, 2.24) is 4.98 Å². The molecule has 3 heterocycles. The second kappa shape index (κ2) is 5.39. The van der Waals surface area contributed by atoms with Crippen LogP contribution in [0.3, 0.4) is 0 Å². The van der Waals surface area contributed by atoms with Crippen LogP contribution in [0.1, 0.15) is 19.3 Å². The molecule has 2 aliphatic heterocycles. The molecule has 2 fully saturated rings. The van der Waals surface area contributed by atoms with Gasteiger partial charge in [-0.2, -0.15) is 11.8 Å². The van der Waals surface area contributed by atoms with Gasteiger partial charge >= 0.3 is 0 Å². The lowest BCUT2D eigenvalue weighted by atomic mass is 9.90. The molecule has 2 aliphatic rings. The molecular formula is C13H17BrN2OS. The maximum Gasteiger partial charge on any atom is 0.0799 e. The predicted molar refractivity (Wildman–Crippen MR) is 79.2 cm³/mol. The Hall–Kier alpha value is -0.260. The molecule has 5 heteroatoms. The monoisotopic (exact) mass is 328 g/mol. The van der Waals surface area contributed by atoms with E-state index in [-0.39, 0.29) is 5.60 Å². The Morgan fingerprint density at radius 1 is 1.50 bits per heavy atom. The first kappa shape index (κ1) is 12.8. The fraction of sp³-hybridized carbons (Fsp3) is 0.615. The number of nitrogens with one attached hydrogen (secondary N) is 1. The van der Waals surface area contributed by atoms with Crippen LogP contribution >= 0.6 is 27.7 Å². The van der Waals surface area contributed by atoms with Gasteiger partial charge in [0.15, 0.2) is 0 Å². The number of anilines is 1. The van der Waals surface area contributed by atoms with E-state index >= 15 is 0 Å². The maximum absolute atomic E-state index is 6.03. The molecule has 1 aromatic rings. The first-order valence-corrected chi connectivity index (χ1v) is 8.29. The smallest absolute Gasteiger partial charge is 0.0799 e. The van der Waals surface area contributed by atoms with Crippen molar-refractivity contribution in [1.29, 1.82) is 0 Å². The normalized spacial score (nSPS) is 31.7. The minimum absolute atomic E-state index is 0.139. The molecule has 0 amide bonds. The molecule has 2 saturated heterocycles. The Bertz CT molecular complexity index is 423. The van der Waals surface area contributed by atoms with Crippen molar-refractivity contribution in [3.63, 3.8) is 0 Å². The minimum Gasteiger partial charge on any atom is -0.381 e. The summed E-state index contributed by atoms with van der Waals surface area (Å²) >= 11 is 5.47. The molecular weight excluding hydrogens is 312 g/mol. The topological polar surface area (TPSA) is 34.2 Å². The molecule has 1 N–H and O–H groups in total. The van der Waals surface area contributed by atoms with Gasteiger partial charge in [0.25, 0.3) is 0 Å². The van der Waals surface area contributed by atoms with E-state index in [0.29, 0.717) is 6.04 Å². The summed E-state index contributed by atoms with van der Waals surface area (Å²) in [5.41, 5.74) is 1.23. The van der Waals surface area contributed by atoms with Gasteiger partial charge in [-0.25, -0.2) is 0 Å². The Labute approximate surface area is 120 Å². The molecule has 0 saturated carbocycles. The quantitative estimate of drug-likeness (QED) is 0.903. The third-order valence-electron chi connectivity index (χ3n) is 3.64. The van der Waals surface area contributed by atoms with Crippen LogP contribution < -0.4 is 5.32 Å². The largest absolute Gasteiger partial charge is 0.381 e. The number of rotatable bonds is 2. The molecule has 3 rings (SSSR count). The van der Waals surface area contributed by atoms with Crippen LogP contribution in [0.2, 0.25) is 0 Å². The zero-order valence-corrected chi connectivity index (χ0v) is 12.6. The van der Waals surface area contributed by atoms with Gasteiger partial charge in [-0.3, -0.25) is 4.98 Å². The molecule has 3 nitrogen and oxygen atoms in total. The lowest BCUT2D eigenvalue weighted by Crippen LogP contribution is -2.44. The Morgan fingerprint density at radius 2 is 2.44 bits per heavy atom. The molecule has 2 atom stereocenters. The maximum atomic E-state index is 6.03. The average Bonchev–Trinajstić information content (AvgIpc) is 2.77. The van der Waals surface area contributed by atoms with Crippen molar-refractivity contribution in [2.45, 2.75) is 30.9 Å². The van der Waals surface area contributed by atoms with Gasteiger partial charge in [0.2, 0.25) is 0 Å². The molecule has 0 aromatic carbocycles. The summed E-state index contributed by atoms with van der Waals surface area (Å²) in [6.45, 7) is 0.875. The summed E-state index contributed by atoms with van der Waals surface area (Å²) in [6.07, 6.45) is 7.10. The molecule has 0 unspecified atom stereocenters. The minimum atomic E-state index is 0.139. The van der Waals surface area contributed by atoms with E-state index < -0.39 is 0 Å². The van der Waals surface area contributed by atoms with Crippen molar-refractivity contribution in [2.75, 3.05) is 23.4 Å². The summed E-state index contributed by atoms with van der Waals surface area (Å²) in [5.74, 6) is 2.40. The van der Waals surface area contributed by atoms with Crippen LogP contribution in [0.25, 0.3) is 0 Å². The zero-order chi connectivity index (χ0) is 12.4. The fourth-order valence-electron chi connectivity index (χ4n) is 2.74. The second-order valence-electron chi connectivity index (χ2n) is 5.06. The second-order valence-corrected chi connectivity index (χ2v) is 7.08. The van der Waals surface area contributed by atoms with Crippen LogP contribution in [0, 0.1) is 0 Å². The third-order valence-corrected chi connectivity index (χ3v) is 5.29. The van der Waals surface area contributed by atoms with Gasteiger partial charge in [-0.1, -0.05) is 0 Å². The van der Waals surface area contributed by atoms with Crippen molar-refractivity contribution >= 4 is 33.4 Å². The number of nitrogens with zero attached hydrogens (tertiary/aromatic N) is 1. The van der Waals surface area contributed by atoms with Gasteiger partial charge < -0.3 is 10.1 Å². The van der Waals surface area contributed by atoms with Gasteiger partial charge in [-0.15, -0.1) is 0 Å². The van der Waals surface area contributed by atoms with E-state index in [0.717, 1.165) is 35.4 Å². The molecule has 0 radical (unpaired) electrons. The van der Waals surface area contributed by atoms with E-state index in [4.69, 9.17) is 4.74 Å². The SMILES string of the molecule is Brc1cncc(N[C@H]2CCO[C@@]3(CCSC3)C2)c1. The van der Waals surface area contributed by atoms with Crippen molar-refractivity contribution in [2.24, 2.45) is 0 Å². The van der Waals surface area contributed by atoms with Crippen LogP contribution in [0.5, 0.6) is 0 Å². The average molecular weight is 329 g/mol. The third kappa shape index (κ3) is 2.83. The lowest BCUT2D eigenvalue weighted by Gasteiger charge is -2.38. The van der Waals surface area contributed by atoms with Crippen molar-refractivity contribution in [3.05, 3.63) is 22.9 Å². The molecule has 0 bridgehead atoms. The molecule has 1 spiro atoms. The lowest BCUT2D eigenvalue weighted by molar-refractivity contribution is -0.0628. The summed E-state index contributed by atoms with van der Waals surface area (Å²) < 4.78 is 7.05. The van der Waals surface area contributed by atoms with Crippen LogP contribution in [-0.2, 0) is 4.74 Å². The Morgan fingerprint density at radius 3 is 3.22 bits per heavy atom. The number of hydrogen-bond donors (Lipinski definition) is 1. The highest BCUT2D eigenvalue weighted by atomic mass is 79.9. The van der Waals surface area contributed by atoms with Crippen LogP contribution in [0.15, 0.2) is 22.9 Å². The van der Waals surface area contributed by atoms with Crippen LogP contribution in [-0.4, -0.2) is 34.7 Å². The van der Waals surface area contributed by atoms with E-state index in [1.165, 1.54) is 12.2 Å². The number of ether oxygens (including phenoxy) is 1. The first-order valence-electron chi connectivity index (χ1n) is 6.35. The number of thioether (sulfide) groups is 1. The van der Waals surface area contributed by atoms with Crippen molar-refractivity contribution < 1.29 is 4.74 Å². The van der Waals surface area contributed by atoms with E-state index in [1.54, 1.807) is 0 Å². The van der Waals surface area contributed by atoms with E-state index in [1.807, 2.05) is 24.2 Å². The molecule has 0 aliphatic carbocycles. The number of hydrogen-bond acceptors (Lipinski definition) is 4. The van der Waals surface area contributed by atoms with Gasteiger partial charge in [0.05, 0.1) is 17.5 Å². The summed E-state index contributed by atoms with van der Waals surface area (Å²) in [7, 11) is 0. The molecule has 18 heavy (non-hydrogen) atoms. The molecule has 98 valence electrons. The predicted octanol–water partition coefficient (Wildman–Crippen LogP) is 3.31. The highest BCUT2D eigenvalue weighted by molar-refractivity contribution is 9.10. The van der Waals surface area contributed by atoms with E-state index in [2.05, 4.69) is 32.3 Å². The number of halogens is 1. The number of pyridine rings is 1. The first-order chi connectivity index (χ1) is 8.76. The summed E-state index contributed by atoms with van der Waals surface area (Å²) in [5, 5.41) is 3.59. The summed E-state index contributed by atoms with van der Waals surface area (Å²) in [6, 6.07) is 2.59. The van der Waals surface area contributed by atoms with Gasteiger partial charge in [0, 0.05) is 29.1 Å². The fourth-order valence-corrected chi connectivity index (χ4v) is 4.48. The van der Waals surface area contributed by atoms with Gasteiger partial charge in [0.1, 0.15) is 0 Å². The zero-order valence-electron chi connectivity index (χ0n) is 10.2.